The van der Waals surface area contributed by atoms with Gasteiger partial charge in [0.25, 0.3) is 0 Å². The van der Waals surface area contributed by atoms with Crippen LogP contribution in [0.25, 0.3) is 10.9 Å². The average molecular weight is 339 g/mol. The van der Waals surface area contributed by atoms with Crippen molar-refractivity contribution in [1.82, 2.24) is 15.0 Å². The van der Waals surface area contributed by atoms with E-state index in [1.807, 2.05) is 25.1 Å². The minimum atomic E-state index is 0.525. The highest BCUT2D eigenvalue weighted by atomic mass is 32.1. The molecule has 0 saturated heterocycles. The number of para-hydroxylation sites is 1. The first-order valence-corrected chi connectivity index (χ1v) is 9.34. The molecule has 124 valence electrons. The van der Waals surface area contributed by atoms with Gasteiger partial charge in [-0.1, -0.05) is 25.0 Å². The van der Waals surface area contributed by atoms with Gasteiger partial charge in [-0.15, -0.1) is 11.3 Å². The third-order valence-corrected chi connectivity index (χ3v) is 5.22. The number of thiazole rings is 1. The predicted molar refractivity (Wildman–Crippen MR) is 99.6 cm³/mol. The fraction of sp³-hybridized carbons (Fsp3) is 0.389. The van der Waals surface area contributed by atoms with Crippen LogP contribution in [0.1, 0.15) is 36.4 Å². The summed E-state index contributed by atoms with van der Waals surface area (Å²) in [4.78, 5) is 13.9. The van der Waals surface area contributed by atoms with E-state index in [4.69, 9.17) is 4.98 Å². The van der Waals surface area contributed by atoms with Gasteiger partial charge in [-0.2, -0.15) is 4.98 Å². The molecule has 1 saturated carbocycles. The van der Waals surface area contributed by atoms with Crippen LogP contribution in [0.5, 0.6) is 0 Å². The van der Waals surface area contributed by atoms with Crippen molar-refractivity contribution in [3.05, 3.63) is 40.3 Å². The SMILES string of the molecule is Cc1nc(CNc2nc(NC3CCCC3)c3ccccc3n2)cs1. The molecule has 5 nitrogen and oxygen atoms in total. The second-order valence-electron chi connectivity index (χ2n) is 6.25. The maximum absolute atomic E-state index is 4.73. The average Bonchev–Trinajstić information content (AvgIpc) is 3.25. The summed E-state index contributed by atoms with van der Waals surface area (Å²) in [5.41, 5.74) is 1.99. The Hall–Kier alpha value is -2.21. The lowest BCUT2D eigenvalue weighted by molar-refractivity contribution is 0.751. The van der Waals surface area contributed by atoms with Crippen LogP contribution in [0, 0.1) is 6.92 Å². The predicted octanol–water partition coefficient (Wildman–Crippen LogP) is 4.36. The monoisotopic (exact) mass is 339 g/mol. The van der Waals surface area contributed by atoms with Gasteiger partial charge in [0, 0.05) is 16.8 Å². The second kappa shape index (κ2) is 6.73. The van der Waals surface area contributed by atoms with E-state index in [0.717, 1.165) is 27.4 Å². The molecule has 1 aliphatic rings. The first-order valence-electron chi connectivity index (χ1n) is 8.46. The highest BCUT2D eigenvalue weighted by Crippen LogP contribution is 2.27. The summed E-state index contributed by atoms with van der Waals surface area (Å²) in [5, 5.41) is 11.2. The van der Waals surface area contributed by atoms with Gasteiger partial charge in [-0.3, -0.25) is 0 Å². The van der Waals surface area contributed by atoms with Crippen molar-refractivity contribution in [2.75, 3.05) is 10.6 Å². The number of aromatic nitrogens is 3. The maximum Gasteiger partial charge on any atom is 0.225 e. The lowest BCUT2D eigenvalue weighted by Crippen LogP contribution is -2.17. The van der Waals surface area contributed by atoms with Crippen molar-refractivity contribution in [3.63, 3.8) is 0 Å². The Bertz CT molecular complexity index is 838. The molecule has 1 fully saturated rings. The first kappa shape index (κ1) is 15.3. The molecule has 0 radical (unpaired) electrons. The number of fused-ring (bicyclic) bond motifs is 1. The summed E-state index contributed by atoms with van der Waals surface area (Å²) < 4.78 is 0. The van der Waals surface area contributed by atoms with Gasteiger partial charge >= 0.3 is 0 Å². The van der Waals surface area contributed by atoms with E-state index in [1.165, 1.54) is 25.7 Å². The molecule has 0 amide bonds. The van der Waals surface area contributed by atoms with Crippen molar-refractivity contribution in [2.45, 2.75) is 45.2 Å². The quantitative estimate of drug-likeness (QED) is 0.723. The third-order valence-electron chi connectivity index (χ3n) is 4.39. The third kappa shape index (κ3) is 3.33. The van der Waals surface area contributed by atoms with Crippen LogP contribution in [0.4, 0.5) is 11.8 Å². The van der Waals surface area contributed by atoms with Crippen molar-refractivity contribution >= 4 is 34.0 Å². The number of benzene rings is 1. The molecule has 3 aromatic rings. The minimum Gasteiger partial charge on any atom is -0.367 e. The molecule has 2 heterocycles. The van der Waals surface area contributed by atoms with Gasteiger partial charge in [-0.05, 0) is 31.9 Å². The molecule has 4 rings (SSSR count). The molecule has 2 N–H and O–H groups in total. The number of nitrogens with zero attached hydrogens (tertiary/aromatic N) is 3. The number of hydrogen-bond acceptors (Lipinski definition) is 6. The topological polar surface area (TPSA) is 62.7 Å². The van der Waals surface area contributed by atoms with E-state index in [2.05, 4.69) is 32.0 Å². The molecule has 0 atom stereocenters. The summed E-state index contributed by atoms with van der Waals surface area (Å²) in [6.45, 7) is 2.66. The fourth-order valence-corrected chi connectivity index (χ4v) is 3.80. The van der Waals surface area contributed by atoms with E-state index >= 15 is 0 Å². The summed E-state index contributed by atoms with van der Waals surface area (Å²) in [6.07, 6.45) is 5.04. The second-order valence-corrected chi connectivity index (χ2v) is 7.31. The normalized spacial score (nSPS) is 15.0. The van der Waals surface area contributed by atoms with Crippen molar-refractivity contribution in [1.29, 1.82) is 0 Å². The van der Waals surface area contributed by atoms with Gasteiger partial charge in [0.05, 0.1) is 22.8 Å². The van der Waals surface area contributed by atoms with E-state index in [-0.39, 0.29) is 0 Å². The van der Waals surface area contributed by atoms with Gasteiger partial charge in [0.15, 0.2) is 0 Å². The van der Waals surface area contributed by atoms with Crippen LogP contribution in [0.3, 0.4) is 0 Å². The van der Waals surface area contributed by atoms with E-state index in [1.54, 1.807) is 11.3 Å². The van der Waals surface area contributed by atoms with Gasteiger partial charge in [0.1, 0.15) is 5.82 Å². The molecule has 6 heteroatoms. The van der Waals surface area contributed by atoms with Crippen LogP contribution in [-0.2, 0) is 6.54 Å². The largest absolute Gasteiger partial charge is 0.367 e. The summed E-state index contributed by atoms with van der Waals surface area (Å²) in [5.74, 6) is 1.59. The number of aryl methyl sites for hydroxylation is 1. The zero-order valence-electron chi connectivity index (χ0n) is 13.7. The Labute approximate surface area is 145 Å². The lowest BCUT2D eigenvalue weighted by atomic mass is 10.2. The van der Waals surface area contributed by atoms with Crippen molar-refractivity contribution in [3.8, 4) is 0 Å². The van der Waals surface area contributed by atoms with Crippen LogP contribution in [-0.4, -0.2) is 21.0 Å². The first-order chi connectivity index (χ1) is 11.8. The smallest absolute Gasteiger partial charge is 0.225 e. The molecule has 0 spiro atoms. The fourth-order valence-electron chi connectivity index (χ4n) is 3.19. The van der Waals surface area contributed by atoms with Crippen LogP contribution in [0.15, 0.2) is 29.6 Å². The lowest BCUT2D eigenvalue weighted by Gasteiger charge is -2.15. The molecule has 2 aromatic heterocycles. The minimum absolute atomic E-state index is 0.525. The van der Waals surface area contributed by atoms with Crippen molar-refractivity contribution in [2.24, 2.45) is 0 Å². The summed E-state index contributed by atoms with van der Waals surface area (Å²) in [7, 11) is 0. The number of rotatable bonds is 5. The van der Waals surface area contributed by atoms with Crippen LogP contribution >= 0.6 is 11.3 Å². The highest BCUT2D eigenvalue weighted by molar-refractivity contribution is 7.09. The Balaban J connectivity index is 1.60. The van der Waals surface area contributed by atoms with E-state index < -0.39 is 0 Å². The zero-order chi connectivity index (χ0) is 16.4. The zero-order valence-corrected chi connectivity index (χ0v) is 14.6. The van der Waals surface area contributed by atoms with E-state index in [0.29, 0.717) is 18.5 Å². The summed E-state index contributed by atoms with van der Waals surface area (Å²) >= 11 is 1.66. The number of nitrogens with one attached hydrogen (secondary N) is 2. The molecule has 0 unspecified atom stereocenters. The summed E-state index contributed by atoms with van der Waals surface area (Å²) in [6, 6.07) is 8.70. The molecular weight excluding hydrogens is 318 g/mol. The maximum atomic E-state index is 4.73. The molecule has 1 aliphatic carbocycles. The highest BCUT2D eigenvalue weighted by Gasteiger charge is 2.17. The molecule has 24 heavy (non-hydrogen) atoms. The van der Waals surface area contributed by atoms with Gasteiger partial charge in [-0.25, -0.2) is 9.97 Å². The Morgan fingerprint density at radius 1 is 1.12 bits per heavy atom. The molecular formula is C18H21N5S. The number of hydrogen-bond donors (Lipinski definition) is 2. The Kier molecular flexibility index (Phi) is 4.30. The molecule has 0 bridgehead atoms. The van der Waals surface area contributed by atoms with E-state index in [9.17, 15) is 0 Å². The number of anilines is 2. The molecule has 0 aliphatic heterocycles. The van der Waals surface area contributed by atoms with Crippen molar-refractivity contribution < 1.29 is 0 Å². The van der Waals surface area contributed by atoms with Gasteiger partial charge in [0.2, 0.25) is 5.95 Å². The van der Waals surface area contributed by atoms with Gasteiger partial charge < -0.3 is 10.6 Å². The standard InChI is InChI=1S/C18H21N5S/c1-12-20-14(11-24-12)10-19-18-22-16-9-5-4-8-15(16)17(23-18)21-13-6-2-3-7-13/h4-5,8-9,11,13H,2-3,6-7,10H2,1H3,(H2,19,21,22,23). The molecule has 1 aromatic carbocycles. The van der Waals surface area contributed by atoms with Crippen LogP contribution in [0.2, 0.25) is 0 Å². The Morgan fingerprint density at radius 3 is 2.75 bits per heavy atom. The Morgan fingerprint density at radius 2 is 1.96 bits per heavy atom. The van der Waals surface area contributed by atoms with Crippen LogP contribution < -0.4 is 10.6 Å².